The molecule has 0 fully saturated rings. The molecular formula is C29H29BrN2O5. The average Bonchev–Trinajstić information content (AvgIpc) is 2.84. The maximum absolute atomic E-state index is 11.5. The Morgan fingerprint density at radius 3 is 1.89 bits per heavy atom. The molecule has 0 unspecified atom stereocenters. The van der Waals surface area contributed by atoms with Gasteiger partial charge in [0.25, 0.3) is 11.4 Å². The van der Waals surface area contributed by atoms with Crippen LogP contribution in [0.4, 0.5) is 11.4 Å². The van der Waals surface area contributed by atoms with Crippen LogP contribution in [0.3, 0.4) is 0 Å². The Kier molecular flexibility index (Phi) is 16.0. The Bertz CT molecular complexity index is 1300. The number of hydrogen-bond donors (Lipinski definition) is 0. The number of halogens is 1. The fourth-order valence-corrected chi connectivity index (χ4v) is 2.71. The second-order valence-corrected chi connectivity index (χ2v) is 8.04. The van der Waals surface area contributed by atoms with E-state index in [1.165, 1.54) is 13.8 Å². The fourth-order valence-electron chi connectivity index (χ4n) is 2.44. The van der Waals surface area contributed by atoms with Crippen LogP contribution in [-0.4, -0.2) is 15.6 Å². The third-order valence-electron chi connectivity index (χ3n) is 3.90. The van der Waals surface area contributed by atoms with Crippen molar-refractivity contribution in [3.63, 3.8) is 0 Å². The van der Waals surface area contributed by atoms with Crippen molar-refractivity contribution in [1.29, 1.82) is 0 Å². The van der Waals surface area contributed by atoms with Gasteiger partial charge in [-0.25, -0.2) is 0 Å². The minimum absolute atomic E-state index is 0.0300. The van der Waals surface area contributed by atoms with E-state index in [1.807, 2.05) is 32.9 Å². The summed E-state index contributed by atoms with van der Waals surface area (Å²) in [5, 5.41) is 23.0. The van der Waals surface area contributed by atoms with Gasteiger partial charge < -0.3 is 4.79 Å². The van der Waals surface area contributed by atoms with Crippen molar-refractivity contribution in [3.8, 4) is 23.7 Å². The number of rotatable bonds is 5. The summed E-state index contributed by atoms with van der Waals surface area (Å²) in [5.74, 6) is 11.1. The standard InChI is InChI=1S/C24H17BrN2O4.C3H6O.C2H6/c1-3-7-18(2)8-5-4-6-9-20-16-24(27(30)31)21(17-23(20)26(28)29)13-10-19-11-14-22(25)15-12-19;1-3(2)4;1-2/h3,5,7-8,11-12,14-17H,1,4H2,2H3;1-2H3;1-2H3/b8-5-,18-7-;;. The van der Waals surface area contributed by atoms with Crippen molar-refractivity contribution >= 4 is 33.1 Å². The fraction of sp³-hybridized carbons (Fsp3) is 0.207. The number of carbonyl (C=O) groups excluding carboxylic acids is 1. The van der Waals surface area contributed by atoms with Gasteiger partial charge in [0.2, 0.25) is 0 Å². The quantitative estimate of drug-likeness (QED) is 0.160. The predicted octanol–water partition coefficient (Wildman–Crippen LogP) is 7.72. The number of ketones is 1. The molecule has 0 bridgehead atoms. The lowest BCUT2D eigenvalue weighted by Gasteiger charge is -2.00. The first kappa shape index (κ1) is 32.7. The number of nitrogens with zero attached hydrogens (tertiary/aromatic N) is 2. The van der Waals surface area contributed by atoms with Crippen LogP contribution >= 0.6 is 15.9 Å². The molecule has 0 spiro atoms. The summed E-state index contributed by atoms with van der Waals surface area (Å²) in [6.45, 7) is 12.6. The third-order valence-corrected chi connectivity index (χ3v) is 4.43. The highest BCUT2D eigenvalue weighted by Gasteiger charge is 2.22. The van der Waals surface area contributed by atoms with Crippen molar-refractivity contribution < 1.29 is 14.6 Å². The normalized spacial score (nSPS) is 9.73. The zero-order chi connectivity index (χ0) is 28.4. The Balaban J connectivity index is 0.00000196. The van der Waals surface area contributed by atoms with Crippen LogP contribution in [0.2, 0.25) is 0 Å². The number of nitro benzene ring substituents is 2. The summed E-state index contributed by atoms with van der Waals surface area (Å²) >= 11 is 3.31. The van der Waals surface area contributed by atoms with Crippen molar-refractivity contribution in [2.24, 2.45) is 0 Å². The number of allylic oxidation sites excluding steroid dienone is 5. The van der Waals surface area contributed by atoms with Crippen LogP contribution in [0, 0.1) is 43.9 Å². The van der Waals surface area contributed by atoms with Gasteiger partial charge in [-0.15, -0.1) is 0 Å². The van der Waals surface area contributed by atoms with Gasteiger partial charge in [-0.05, 0) is 45.0 Å². The first-order valence-electron chi connectivity index (χ1n) is 11.2. The molecule has 8 heteroatoms. The largest absolute Gasteiger partial charge is 0.300 e. The van der Waals surface area contributed by atoms with E-state index in [-0.39, 0.29) is 28.3 Å². The van der Waals surface area contributed by atoms with Crippen molar-refractivity contribution in [2.75, 3.05) is 0 Å². The molecule has 0 aliphatic heterocycles. The molecule has 0 aliphatic rings. The Labute approximate surface area is 226 Å². The van der Waals surface area contributed by atoms with Crippen LogP contribution in [0.5, 0.6) is 0 Å². The van der Waals surface area contributed by atoms with E-state index in [0.29, 0.717) is 12.0 Å². The lowest BCUT2D eigenvalue weighted by atomic mass is 10.1. The Morgan fingerprint density at radius 2 is 1.43 bits per heavy atom. The first-order chi connectivity index (χ1) is 17.5. The van der Waals surface area contributed by atoms with Crippen LogP contribution in [-0.2, 0) is 4.79 Å². The van der Waals surface area contributed by atoms with Gasteiger partial charge in [-0.2, -0.15) is 0 Å². The maximum atomic E-state index is 11.5. The van der Waals surface area contributed by atoms with Crippen LogP contribution in [0.25, 0.3) is 0 Å². The highest BCUT2D eigenvalue weighted by molar-refractivity contribution is 9.10. The molecule has 0 aromatic heterocycles. The van der Waals surface area contributed by atoms with Crippen molar-refractivity contribution in [2.45, 2.75) is 41.0 Å². The SMILES string of the molecule is C=C/C=C(C)\C=C/CC#Cc1cc([N+](=O)[O-])c(C#Cc2ccc(Br)cc2)cc1[N+](=O)[O-].CC.CC(C)=O. The molecule has 0 radical (unpaired) electrons. The summed E-state index contributed by atoms with van der Waals surface area (Å²) in [6.07, 6.45) is 7.45. The van der Waals surface area contributed by atoms with E-state index in [2.05, 4.69) is 46.2 Å². The van der Waals surface area contributed by atoms with E-state index in [0.717, 1.165) is 22.2 Å². The highest BCUT2D eigenvalue weighted by Crippen LogP contribution is 2.28. The first-order valence-corrected chi connectivity index (χ1v) is 12.0. The molecule has 0 saturated carbocycles. The molecule has 192 valence electrons. The molecule has 0 amide bonds. The minimum atomic E-state index is -0.621. The van der Waals surface area contributed by atoms with Crippen LogP contribution in [0.1, 0.15) is 57.7 Å². The molecular weight excluding hydrogens is 536 g/mol. The highest BCUT2D eigenvalue weighted by atomic mass is 79.9. The summed E-state index contributed by atoms with van der Waals surface area (Å²) in [5.41, 5.74) is 0.862. The molecule has 0 N–H and O–H groups in total. The zero-order valence-corrected chi connectivity index (χ0v) is 23.1. The number of benzene rings is 2. The van der Waals surface area contributed by atoms with Gasteiger partial charge in [-0.3, -0.25) is 20.2 Å². The lowest BCUT2D eigenvalue weighted by molar-refractivity contribution is -0.389. The molecule has 2 rings (SSSR count). The minimum Gasteiger partial charge on any atom is -0.300 e. The summed E-state index contributed by atoms with van der Waals surface area (Å²) in [4.78, 5) is 31.2. The molecule has 0 saturated heterocycles. The van der Waals surface area contributed by atoms with Gasteiger partial charge >= 0.3 is 0 Å². The zero-order valence-electron chi connectivity index (χ0n) is 21.5. The van der Waals surface area contributed by atoms with Crippen LogP contribution < -0.4 is 0 Å². The molecule has 2 aromatic carbocycles. The van der Waals surface area contributed by atoms with Crippen LogP contribution in [0.15, 0.2) is 77.3 Å². The molecule has 0 heterocycles. The van der Waals surface area contributed by atoms with Gasteiger partial charge in [-0.1, -0.05) is 89.9 Å². The van der Waals surface area contributed by atoms with E-state index in [1.54, 1.807) is 36.4 Å². The maximum Gasteiger partial charge on any atom is 0.286 e. The summed E-state index contributed by atoms with van der Waals surface area (Å²) < 4.78 is 0.865. The number of hydrogen-bond acceptors (Lipinski definition) is 5. The van der Waals surface area contributed by atoms with E-state index in [9.17, 15) is 25.0 Å². The second-order valence-electron chi connectivity index (χ2n) is 7.12. The predicted molar refractivity (Wildman–Crippen MR) is 152 cm³/mol. The number of Topliss-reactive ketones (excluding diaryl/α,β-unsaturated/α-hetero) is 1. The van der Waals surface area contributed by atoms with Gasteiger partial charge in [0.15, 0.2) is 0 Å². The average molecular weight is 565 g/mol. The molecule has 37 heavy (non-hydrogen) atoms. The molecule has 0 aliphatic carbocycles. The monoisotopic (exact) mass is 564 g/mol. The van der Waals surface area contributed by atoms with Gasteiger partial charge in [0.1, 0.15) is 16.9 Å². The van der Waals surface area contributed by atoms with Gasteiger partial charge in [0, 0.05) is 28.6 Å². The molecule has 7 nitrogen and oxygen atoms in total. The van der Waals surface area contributed by atoms with E-state index >= 15 is 0 Å². The number of nitro groups is 2. The Hall–Kier alpha value is -4.27. The van der Waals surface area contributed by atoms with Crippen molar-refractivity contribution in [3.05, 3.63) is 114 Å². The summed E-state index contributed by atoms with van der Waals surface area (Å²) in [6, 6.07) is 9.23. The van der Waals surface area contributed by atoms with Crippen molar-refractivity contribution in [1.82, 2.24) is 0 Å². The molecule has 0 atom stereocenters. The summed E-state index contributed by atoms with van der Waals surface area (Å²) in [7, 11) is 0. The van der Waals surface area contributed by atoms with Gasteiger partial charge in [0.05, 0.1) is 9.85 Å². The second kappa shape index (κ2) is 18.1. The van der Waals surface area contributed by atoms with E-state index < -0.39 is 9.85 Å². The molecule has 2 aromatic rings. The third kappa shape index (κ3) is 13.4. The Morgan fingerprint density at radius 1 is 0.946 bits per heavy atom. The van der Waals surface area contributed by atoms with E-state index in [4.69, 9.17) is 0 Å². The number of carbonyl (C=O) groups is 1. The topological polar surface area (TPSA) is 103 Å². The lowest BCUT2D eigenvalue weighted by Crippen LogP contribution is -1.98. The smallest absolute Gasteiger partial charge is 0.286 e.